The summed E-state index contributed by atoms with van der Waals surface area (Å²) in [5.74, 6) is 0. The first kappa shape index (κ1) is 7.25. The van der Waals surface area contributed by atoms with Crippen LogP contribution in [0.15, 0.2) is 35.2 Å². The fourth-order valence-corrected chi connectivity index (χ4v) is 1.38. The van der Waals surface area contributed by atoms with Crippen molar-refractivity contribution >= 4 is 11.0 Å². The summed E-state index contributed by atoms with van der Waals surface area (Å²) in [5, 5.41) is 7.21. The molecule has 0 saturated carbocycles. The molecule has 0 bridgehead atoms. The largest absolute Gasteiger partial charge is 0.352 e. The second kappa shape index (κ2) is 2.66. The van der Waals surface area contributed by atoms with E-state index < -0.39 is 0 Å². The Labute approximate surface area is 78.8 Å². The number of H-pyrrole nitrogens is 1. The van der Waals surface area contributed by atoms with Crippen molar-refractivity contribution < 1.29 is 4.52 Å². The molecule has 0 fully saturated rings. The number of hydrogen-bond acceptors (Lipinski definition) is 4. The molecule has 0 aliphatic heterocycles. The van der Waals surface area contributed by atoms with Gasteiger partial charge in [-0.3, -0.25) is 4.98 Å². The van der Waals surface area contributed by atoms with Gasteiger partial charge in [0.2, 0.25) is 0 Å². The van der Waals surface area contributed by atoms with Gasteiger partial charge in [0.05, 0.1) is 16.7 Å². The number of rotatable bonds is 1. The van der Waals surface area contributed by atoms with Crippen LogP contribution in [-0.2, 0) is 0 Å². The second-order valence-corrected chi connectivity index (χ2v) is 2.91. The smallest absolute Gasteiger partial charge is 0.153 e. The number of hydrogen-bond donors (Lipinski definition) is 1. The van der Waals surface area contributed by atoms with Crippen LogP contribution >= 0.6 is 0 Å². The van der Waals surface area contributed by atoms with Crippen LogP contribution in [0.25, 0.3) is 22.4 Å². The lowest BCUT2D eigenvalue weighted by Gasteiger charge is -1.84. The van der Waals surface area contributed by atoms with Gasteiger partial charge in [0.25, 0.3) is 0 Å². The van der Waals surface area contributed by atoms with Crippen LogP contribution < -0.4 is 0 Å². The Balaban J connectivity index is 2.24. The van der Waals surface area contributed by atoms with Crippen LogP contribution in [0.3, 0.4) is 0 Å². The molecule has 68 valence electrons. The lowest BCUT2D eigenvalue weighted by Crippen LogP contribution is -1.75. The first-order chi connectivity index (χ1) is 6.93. The maximum atomic E-state index is 4.66. The van der Waals surface area contributed by atoms with Gasteiger partial charge in [-0.1, -0.05) is 0 Å². The minimum absolute atomic E-state index is 0.683. The van der Waals surface area contributed by atoms with Crippen molar-refractivity contribution in [2.45, 2.75) is 0 Å². The van der Waals surface area contributed by atoms with E-state index in [2.05, 4.69) is 24.9 Å². The average molecular weight is 186 g/mol. The van der Waals surface area contributed by atoms with E-state index in [0.29, 0.717) is 5.69 Å². The zero-order chi connectivity index (χ0) is 9.38. The number of aromatic amines is 1. The van der Waals surface area contributed by atoms with Crippen LogP contribution in [0.2, 0.25) is 0 Å². The summed E-state index contributed by atoms with van der Waals surface area (Å²) in [5.41, 5.74) is 3.43. The number of fused-ring (bicyclic) bond motifs is 1. The van der Waals surface area contributed by atoms with Crippen molar-refractivity contribution in [3.8, 4) is 11.4 Å². The zero-order valence-electron chi connectivity index (χ0n) is 7.14. The fraction of sp³-hybridized carbons (Fsp3) is 0. The maximum Gasteiger partial charge on any atom is 0.153 e. The number of pyridine rings is 1. The van der Waals surface area contributed by atoms with Gasteiger partial charge in [-0.05, 0) is 18.2 Å². The molecule has 1 N–H and O–H groups in total. The Morgan fingerprint density at radius 3 is 3.14 bits per heavy atom. The minimum atomic E-state index is 0.683. The molecule has 0 spiro atoms. The molecule has 3 aromatic heterocycles. The van der Waals surface area contributed by atoms with E-state index in [0.717, 1.165) is 16.7 Å². The SMILES string of the molecule is c1cnc2cc(-c3conn3)[nH]c2c1. The van der Waals surface area contributed by atoms with E-state index in [1.165, 1.54) is 6.26 Å². The Morgan fingerprint density at radius 2 is 2.36 bits per heavy atom. The molecular formula is C9H6N4O. The van der Waals surface area contributed by atoms with Crippen molar-refractivity contribution in [2.24, 2.45) is 0 Å². The van der Waals surface area contributed by atoms with Gasteiger partial charge in [0.15, 0.2) is 12.0 Å². The van der Waals surface area contributed by atoms with Crippen molar-refractivity contribution in [3.63, 3.8) is 0 Å². The second-order valence-electron chi connectivity index (χ2n) is 2.91. The van der Waals surface area contributed by atoms with Gasteiger partial charge < -0.3 is 9.51 Å². The molecule has 0 radical (unpaired) electrons. The molecule has 0 saturated heterocycles. The topological polar surface area (TPSA) is 67.6 Å². The molecule has 14 heavy (non-hydrogen) atoms. The van der Waals surface area contributed by atoms with Crippen LogP contribution in [-0.4, -0.2) is 20.3 Å². The molecule has 0 aliphatic carbocycles. The molecule has 0 aromatic carbocycles. The summed E-state index contributed by atoms with van der Waals surface area (Å²) in [6.07, 6.45) is 3.24. The summed E-state index contributed by atoms with van der Waals surface area (Å²) >= 11 is 0. The lowest BCUT2D eigenvalue weighted by molar-refractivity contribution is 0.393. The molecule has 0 amide bonds. The monoisotopic (exact) mass is 186 g/mol. The Bertz CT molecular complexity index is 522. The van der Waals surface area contributed by atoms with E-state index in [4.69, 9.17) is 0 Å². The van der Waals surface area contributed by atoms with Gasteiger partial charge in [0.1, 0.15) is 0 Å². The van der Waals surface area contributed by atoms with Crippen LogP contribution in [0, 0.1) is 0 Å². The molecule has 3 aromatic rings. The zero-order valence-corrected chi connectivity index (χ0v) is 7.14. The number of aromatic nitrogens is 4. The Morgan fingerprint density at radius 1 is 1.36 bits per heavy atom. The van der Waals surface area contributed by atoms with Crippen LogP contribution in [0.5, 0.6) is 0 Å². The first-order valence-electron chi connectivity index (χ1n) is 4.15. The average Bonchev–Trinajstić information content (AvgIpc) is 2.86. The summed E-state index contributed by atoms with van der Waals surface area (Å²) in [6.45, 7) is 0. The summed E-state index contributed by atoms with van der Waals surface area (Å²) in [7, 11) is 0. The van der Waals surface area contributed by atoms with Gasteiger partial charge in [-0.25, -0.2) is 0 Å². The van der Waals surface area contributed by atoms with E-state index in [1.54, 1.807) is 6.20 Å². The Hall–Kier alpha value is -2.17. The molecule has 0 aliphatic rings. The molecule has 0 unspecified atom stereocenters. The number of nitrogens with one attached hydrogen (secondary N) is 1. The van der Waals surface area contributed by atoms with Crippen LogP contribution in [0.4, 0.5) is 0 Å². The standard InChI is InChI=1S/C9H6N4O/c1-2-6-7(10-3-1)4-8(11-6)9-5-14-13-12-9/h1-5,11H. The van der Waals surface area contributed by atoms with Gasteiger partial charge >= 0.3 is 0 Å². The Kier molecular flexibility index (Phi) is 1.38. The van der Waals surface area contributed by atoms with E-state index in [9.17, 15) is 0 Å². The first-order valence-corrected chi connectivity index (χ1v) is 4.15. The predicted molar refractivity (Wildman–Crippen MR) is 49.4 cm³/mol. The quantitative estimate of drug-likeness (QED) is 0.626. The highest BCUT2D eigenvalue weighted by Gasteiger charge is 2.06. The fourth-order valence-electron chi connectivity index (χ4n) is 1.38. The van der Waals surface area contributed by atoms with E-state index in [1.807, 2.05) is 18.2 Å². The van der Waals surface area contributed by atoms with Crippen molar-refractivity contribution in [1.82, 2.24) is 20.3 Å². The van der Waals surface area contributed by atoms with Crippen molar-refractivity contribution in [3.05, 3.63) is 30.7 Å². The molecule has 0 atom stereocenters. The number of nitrogens with zero attached hydrogens (tertiary/aromatic N) is 3. The van der Waals surface area contributed by atoms with Gasteiger partial charge in [-0.2, -0.15) is 0 Å². The molecule has 3 rings (SSSR count). The normalized spacial score (nSPS) is 10.9. The molecule has 3 heterocycles. The third-order valence-corrected chi connectivity index (χ3v) is 2.02. The predicted octanol–water partition coefficient (Wildman–Crippen LogP) is 1.61. The van der Waals surface area contributed by atoms with E-state index in [-0.39, 0.29) is 0 Å². The van der Waals surface area contributed by atoms with Crippen molar-refractivity contribution in [1.29, 1.82) is 0 Å². The highest BCUT2D eigenvalue weighted by molar-refractivity contribution is 5.81. The molecule has 5 nitrogen and oxygen atoms in total. The third-order valence-electron chi connectivity index (χ3n) is 2.02. The lowest BCUT2D eigenvalue weighted by atomic mass is 10.3. The molecular weight excluding hydrogens is 180 g/mol. The summed E-state index contributed by atoms with van der Waals surface area (Å²) in [4.78, 5) is 7.37. The molecule has 5 heteroatoms. The van der Waals surface area contributed by atoms with Gasteiger partial charge in [0, 0.05) is 11.5 Å². The summed E-state index contributed by atoms with van der Waals surface area (Å²) in [6, 6.07) is 5.75. The highest BCUT2D eigenvalue weighted by atomic mass is 16.5. The van der Waals surface area contributed by atoms with E-state index >= 15 is 0 Å². The van der Waals surface area contributed by atoms with Crippen LogP contribution in [0.1, 0.15) is 0 Å². The van der Waals surface area contributed by atoms with Crippen molar-refractivity contribution in [2.75, 3.05) is 0 Å². The third kappa shape index (κ3) is 0.990. The van der Waals surface area contributed by atoms with Gasteiger partial charge in [-0.15, -0.1) is 5.10 Å². The minimum Gasteiger partial charge on any atom is -0.352 e. The highest BCUT2D eigenvalue weighted by Crippen LogP contribution is 2.19. The summed E-state index contributed by atoms with van der Waals surface area (Å²) < 4.78 is 4.66. The maximum absolute atomic E-state index is 4.66.